The van der Waals surface area contributed by atoms with Gasteiger partial charge in [0.25, 0.3) is 0 Å². The number of anilines is 2. The van der Waals surface area contributed by atoms with Crippen LogP contribution in [0.1, 0.15) is 47.9 Å². The number of aromatic amines is 2. The molecule has 0 amide bonds. The number of hydrogen-bond acceptors (Lipinski definition) is 9. The molecule has 6 aromatic heterocycles. The summed E-state index contributed by atoms with van der Waals surface area (Å²) in [5, 5.41) is 10.7. The summed E-state index contributed by atoms with van der Waals surface area (Å²) >= 11 is 9.31. The van der Waals surface area contributed by atoms with Crippen molar-refractivity contribution in [3.63, 3.8) is 0 Å². The van der Waals surface area contributed by atoms with Crippen molar-refractivity contribution in [2.45, 2.75) is 33.4 Å². The van der Waals surface area contributed by atoms with E-state index >= 15 is 0 Å². The first-order valence-electron chi connectivity index (χ1n) is 16.0. The van der Waals surface area contributed by atoms with Crippen molar-refractivity contribution in [3.8, 4) is 0 Å². The van der Waals surface area contributed by atoms with Crippen LogP contribution < -0.4 is 10.6 Å². The molecule has 8 aromatic rings. The molecule has 0 saturated heterocycles. The van der Waals surface area contributed by atoms with Gasteiger partial charge in [-0.3, -0.25) is 4.79 Å². The maximum absolute atomic E-state index is 12.7. The Kier molecular flexibility index (Phi) is 9.97. The van der Waals surface area contributed by atoms with E-state index in [1.54, 1.807) is 36.1 Å². The zero-order chi connectivity index (χ0) is 34.5. The highest BCUT2D eigenvalue weighted by atomic mass is 35.5. The van der Waals surface area contributed by atoms with Crippen molar-refractivity contribution in [2.24, 2.45) is 0 Å². The van der Waals surface area contributed by atoms with Gasteiger partial charge < -0.3 is 20.6 Å². The van der Waals surface area contributed by atoms with Crippen LogP contribution in [-0.2, 0) is 19.5 Å². The monoisotopic (exact) mass is 716 g/mol. The van der Waals surface area contributed by atoms with Gasteiger partial charge in [0.15, 0.2) is 10.3 Å². The predicted molar refractivity (Wildman–Crippen MR) is 205 cm³/mol. The maximum atomic E-state index is 12.7. The predicted octanol–water partition coefficient (Wildman–Crippen LogP) is 9.36. The Morgan fingerprint density at radius 1 is 0.740 bits per heavy atom. The fraction of sp³-hybridized carbons (Fsp3) is 0.132. The van der Waals surface area contributed by atoms with Gasteiger partial charge in [-0.15, -0.1) is 11.3 Å². The summed E-state index contributed by atoms with van der Waals surface area (Å²) in [5.41, 5.74) is 8.31. The number of pyridine rings is 2. The molecular formula is C38H33ClN8OS2. The molecule has 0 aliphatic rings. The van der Waals surface area contributed by atoms with Gasteiger partial charge in [-0.2, -0.15) is 0 Å². The average Bonchev–Trinajstić information content (AvgIpc) is 3.95. The second kappa shape index (κ2) is 15.0. The number of nitrogens with zero attached hydrogens (tertiary/aromatic N) is 4. The quantitative estimate of drug-likeness (QED) is 0.104. The Morgan fingerprint density at radius 2 is 1.34 bits per heavy atom. The van der Waals surface area contributed by atoms with Gasteiger partial charge in [0.05, 0.1) is 21.5 Å². The van der Waals surface area contributed by atoms with Gasteiger partial charge in [0, 0.05) is 55.1 Å². The standard InChI is InChI=1S/C19H17ClN4S.C19H16N4OS/c1-12-4-6-13(7-5-12)10-23-19-24-17(20)16(25-19)9-14-11-22-18-15(14)3-2-8-21-18;1-12-4-6-13(7-5-12)9-22-19-23-11-16(25-19)17(24)15-10-21-18-14(15)3-2-8-20-18/h2-8,11H,9-10H2,1H3,(H,21,22)(H,23,24);2-8,10-11H,9H2,1H3,(H,20,21)(H,22,23). The van der Waals surface area contributed by atoms with Gasteiger partial charge in [-0.1, -0.05) is 82.6 Å². The number of ketones is 1. The number of halogens is 1. The van der Waals surface area contributed by atoms with E-state index in [2.05, 4.69) is 109 Å². The summed E-state index contributed by atoms with van der Waals surface area (Å²) in [4.78, 5) is 38.0. The van der Waals surface area contributed by atoms with Gasteiger partial charge in [-0.25, -0.2) is 19.9 Å². The normalized spacial score (nSPS) is 11.0. The van der Waals surface area contributed by atoms with Crippen LogP contribution in [0, 0.1) is 13.8 Å². The smallest absolute Gasteiger partial charge is 0.206 e. The first-order chi connectivity index (χ1) is 24.4. The van der Waals surface area contributed by atoms with Crippen LogP contribution in [0.15, 0.2) is 104 Å². The van der Waals surface area contributed by atoms with Gasteiger partial charge >= 0.3 is 0 Å². The summed E-state index contributed by atoms with van der Waals surface area (Å²) in [6.07, 6.45) is 9.56. The first kappa shape index (κ1) is 33.2. The molecule has 0 radical (unpaired) electrons. The molecule has 0 spiro atoms. The molecule has 8 rings (SSSR count). The summed E-state index contributed by atoms with van der Waals surface area (Å²) in [6.45, 7) is 5.57. The average molecular weight is 717 g/mol. The number of nitrogens with one attached hydrogen (secondary N) is 4. The lowest BCUT2D eigenvalue weighted by Gasteiger charge is -2.03. The van der Waals surface area contributed by atoms with Crippen molar-refractivity contribution in [2.75, 3.05) is 10.6 Å². The Morgan fingerprint density at radius 3 is 2.02 bits per heavy atom. The van der Waals surface area contributed by atoms with Crippen molar-refractivity contribution >= 4 is 72.4 Å². The van der Waals surface area contributed by atoms with E-state index in [1.165, 1.54) is 39.2 Å². The molecule has 6 heterocycles. The van der Waals surface area contributed by atoms with E-state index in [0.29, 0.717) is 27.8 Å². The lowest BCUT2D eigenvalue weighted by Crippen LogP contribution is -1.98. The minimum Gasteiger partial charge on any atom is -0.357 e. The van der Waals surface area contributed by atoms with Gasteiger partial charge in [-0.05, 0) is 54.8 Å². The molecule has 0 aliphatic carbocycles. The zero-order valence-corrected chi connectivity index (χ0v) is 29.7. The summed E-state index contributed by atoms with van der Waals surface area (Å²) in [5.74, 6) is -0.0415. The van der Waals surface area contributed by atoms with E-state index in [-0.39, 0.29) is 5.78 Å². The molecule has 0 unspecified atom stereocenters. The largest absolute Gasteiger partial charge is 0.357 e. The fourth-order valence-electron chi connectivity index (χ4n) is 5.35. The third kappa shape index (κ3) is 7.76. The lowest BCUT2D eigenvalue weighted by molar-refractivity contribution is 0.104. The van der Waals surface area contributed by atoms with E-state index in [0.717, 1.165) is 44.5 Å². The maximum Gasteiger partial charge on any atom is 0.206 e. The van der Waals surface area contributed by atoms with E-state index in [4.69, 9.17) is 11.6 Å². The van der Waals surface area contributed by atoms with Crippen molar-refractivity contribution in [1.82, 2.24) is 29.9 Å². The number of hydrogen-bond donors (Lipinski definition) is 4. The summed E-state index contributed by atoms with van der Waals surface area (Å²) in [6, 6.07) is 24.5. The molecule has 0 fully saturated rings. The Bertz CT molecular complexity index is 2370. The first-order valence-corrected chi connectivity index (χ1v) is 18.0. The molecule has 9 nitrogen and oxygen atoms in total. The van der Waals surface area contributed by atoms with Crippen LogP contribution in [0.4, 0.5) is 10.3 Å². The SMILES string of the molecule is Cc1ccc(CNc2nc(Cl)c(Cc3c[nH]c4ncccc34)s2)cc1.Cc1ccc(CNc2ncc(C(=O)c3c[nH]c4ncccc34)s2)cc1. The molecular weight excluding hydrogens is 684 g/mol. The fourth-order valence-corrected chi connectivity index (χ4v) is 7.31. The van der Waals surface area contributed by atoms with E-state index in [9.17, 15) is 4.79 Å². The molecule has 0 bridgehead atoms. The number of benzene rings is 2. The third-order valence-electron chi connectivity index (χ3n) is 8.09. The second-order valence-corrected chi connectivity index (χ2v) is 14.2. The number of fused-ring (bicyclic) bond motifs is 2. The molecule has 2 aromatic carbocycles. The number of carbonyl (C=O) groups is 1. The number of thiazole rings is 2. The van der Waals surface area contributed by atoms with Gasteiger partial charge in [0.1, 0.15) is 16.4 Å². The van der Waals surface area contributed by atoms with Crippen LogP contribution in [0.25, 0.3) is 22.1 Å². The van der Waals surface area contributed by atoms with Crippen LogP contribution in [-0.4, -0.2) is 35.7 Å². The summed E-state index contributed by atoms with van der Waals surface area (Å²) in [7, 11) is 0. The Balaban J connectivity index is 0.000000157. The second-order valence-electron chi connectivity index (χ2n) is 11.8. The number of aryl methyl sites for hydroxylation is 2. The highest BCUT2D eigenvalue weighted by Crippen LogP contribution is 2.31. The Hall–Kier alpha value is -5.36. The molecule has 4 N–H and O–H groups in total. The third-order valence-corrected chi connectivity index (χ3v) is 10.5. The minimum atomic E-state index is -0.0415. The van der Waals surface area contributed by atoms with Gasteiger partial charge in [0.2, 0.25) is 5.78 Å². The minimum absolute atomic E-state index is 0.0415. The van der Waals surface area contributed by atoms with E-state index in [1.807, 2.05) is 24.4 Å². The van der Waals surface area contributed by atoms with Crippen LogP contribution in [0.3, 0.4) is 0 Å². The Labute approximate surface area is 301 Å². The summed E-state index contributed by atoms with van der Waals surface area (Å²) < 4.78 is 0. The zero-order valence-electron chi connectivity index (χ0n) is 27.3. The number of rotatable bonds is 10. The molecule has 0 atom stereocenters. The molecule has 250 valence electrons. The number of aromatic nitrogens is 6. The molecule has 50 heavy (non-hydrogen) atoms. The van der Waals surface area contributed by atoms with Crippen molar-refractivity contribution < 1.29 is 4.79 Å². The molecule has 0 aliphatic heterocycles. The van der Waals surface area contributed by atoms with Crippen molar-refractivity contribution in [3.05, 3.63) is 152 Å². The lowest BCUT2D eigenvalue weighted by atomic mass is 10.1. The molecule has 12 heteroatoms. The van der Waals surface area contributed by atoms with E-state index < -0.39 is 0 Å². The van der Waals surface area contributed by atoms with Crippen LogP contribution in [0.2, 0.25) is 5.15 Å². The van der Waals surface area contributed by atoms with Crippen LogP contribution in [0.5, 0.6) is 0 Å². The highest BCUT2D eigenvalue weighted by molar-refractivity contribution is 7.17. The van der Waals surface area contributed by atoms with Crippen molar-refractivity contribution in [1.29, 1.82) is 0 Å². The number of carbonyl (C=O) groups excluding carboxylic acids is 1. The highest BCUT2D eigenvalue weighted by Gasteiger charge is 2.17. The topological polar surface area (TPSA) is 124 Å². The molecule has 0 saturated carbocycles. The number of H-pyrrole nitrogens is 2. The van der Waals surface area contributed by atoms with Crippen LogP contribution >= 0.6 is 34.3 Å².